The number of benzene rings is 2. The van der Waals surface area contributed by atoms with Crippen LogP contribution in [-0.4, -0.2) is 19.0 Å². The summed E-state index contributed by atoms with van der Waals surface area (Å²) in [6, 6.07) is 13.9. The molecule has 2 aromatic rings. The molecule has 1 heterocycles. The Morgan fingerprint density at radius 1 is 1.08 bits per heavy atom. The molecule has 0 bridgehead atoms. The molecule has 0 radical (unpaired) electrons. The Morgan fingerprint density at radius 3 is 2.35 bits per heavy atom. The lowest BCUT2D eigenvalue weighted by Crippen LogP contribution is -2.24. The van der Waals surface area contributed by atoms with Gasteiger partial charge in [-0.05, 0) is 48.9 Å². The molecule has 0 atom stereocenters. The summed E-state index contributed by atoms with van der Waals surface area (Å²) in [4.78, 5) is 26.9. The maximum Gasteiger partial charge on any atom is 0.340 e. The first-order valence-corrected chi connectivity index (χ1v) is 8.55. The number of hydrogen-bond donors (Lipinski definition) is 0. The molecule has 1 aliphatic rings. The zero-order valence-electron chi connectivity index (χ0n) is 14.1. The van der Waals surface area contributed by atoms with Gasteiger partial charge < -0.3 is 4.74 Å². The van der Waals surface area contributed by atoms with E-state index >= 15 is 0 Å². The summed E-state index contributed by atoms with van der Waals surface area (Å²) >= 11 is 12.1. The number of anilines is 1. The SMILES string of the molecule is COC(=O)C1=C(C)N(c2ccc(Cl)cc2)C(=O)/C1=C\c1ccccc1Cl. The Morgan fingerprint density at radius 2 is 1.73 bits per heavy atom. The summed E-state index contributed by atoms with van der Waals surface area (Å²) in [6.07, 6.45) is 1.61. The summed E-state index contributed by atoms with van der Waals surface area (Å²) in [6.45, 7) is 1.70. The Kier molecular flexibility index (Phi) is 5.16. The second-order valence-electron chi connectivity index (χ2n) is 5.65. The van der Waals surface area contributed by atoms with Gasteiger partial charge in [0.1, 0.15) is 0 Å². The molecule has 132 valence electrons. The molecule has 0 aliphatic carbocycles. The van der Waals surface area contributed by atoms with E-state index in [1.165, 1.54) is 12.0 Å². The van der Waals surface area contributed by atoms with Crippen LogP contribution < -0.4 is 4.90 Å². The highest BCUT2D eigenvalue weighted by Gasteiger charge is 2.37. The van der Waals surface area contributed by atoms with Crippen molar-refractivity contribution in [2.45, 2.75) is 6.92 Å². The lowest BCUT2D eigenvalue weighted by Gasteiger charge is -2.17. The van der Waals surface area contributed by atoms with Crippen molar-refractivity contribution in [2.24, 2.45) is 0 Å². The van der Waals surface area contributed by atoms with Gasteiger partial charge in [0.05, 0.1) is 18.3 Å². The lowest BCUT2D eigenvalue weighted by atomic mass is 10.0. The fourth-order valence-corrected chi connectivity index (χ4v) is 3.15. The highest BCUT2D eigenvalue weighted by Crippen LogP contribution is 2.36. The highest BCUT2D eigenvalue weighted by atomic mass is 35.5. The minimum atomic E-state index is -0.578. The van der Waals surface area contributed by atoms with Crippen LogP contribution in [0.3, 0.4) is 0 Å². The van der Waals surface area contributed by atoms with Gasteiger partial charge in [0.2, 0.25) is 0 Å². The Balaban J connectivity index is 2.15. The monoisotopic (exact) mass is 387 g/mol. The summed E-state index contributed by atoms with van der Waals surface area (Å²) in [5, 5.41) is 1.04. The average molecular weight is 388 g/mol. The molecule has 0 saturated carbocycles. The molecule has 26 heavy (non-hydrogen) atoms. The first-order chi connectivity index (χ1) is 12.4. The standard InChI is InChI=1S/C20H15Cl2NO3/c1-12-18(20(25)26-2)16(11-13-5-3-4-6-17(13)22)19(24)23(12)15-9-7-14(21)8-10-15/h3-11H,1-2H3/b16-11-. The number of carbonyl (C=O) groups excluding carboxylic acids is 2. The molecule has 6 heteroatoms. The largest absolute Gasteiger partial charge is 0.465 e. The molecule has 1 aliphatic heterocycles. The van der Waals surface area contributed by atoms with Crippen LogP contribution in [0.4, 0.5) is 5.69 Å². The number of allylic oxidation sites excluding steroid dienone is 1. The van der Waals surface area contributed by atoms with Gasteiger partial charge in [0, 0.05) is 21.4 Å². The molecule has 0 spiro atoms. The van der Waals surface area contributed by atoms with Crippen LogP contribution in [-0.2, 0) is 14.3 Å². The van der Waals surface area contributed by atoms with E-state index in [2.05, 4.69) is 0 Å². The third kappa shape index (κ3) is 3.26. The first kappa shape index (κ1) is 18.2. The highest BCUT2D eigenvalue weighted by molar-refractivity contribution is 6.33. The van der Waals surface area contributed by atoms with E-state index in [0.29, 0.717) is 27.0 Å². The van der Waals surface area contributed by atoms with E-state index in [-0.39, 0.29) is 17.1 Å². The lowest BCUT2D eigenvalue weighted by molar-refractivity contribution is -0.136. The van der Waals surface area contributed by atoms with Gasteiger partial charge in [-0.3, -0.25) is 9.69 Å². The van der Waals surface area contributed by atoms with Crippen LogP contribution in [0.1, 0.15) is 12.5 Å². The molecule has 0 N–H and O–H groups in total. The summed E-state index contributed by atoms with van der Waals surface area (Å²) in [5.74, 6) is -0.907. The number of carbonyl (C=O) groups is 2. The Labute approximate surface area is 161 Å². The van der Waals surface area contributed by atoms with Gasteiger partial charge >= 0.3 is 5.97 Å². The zero-order valence-corrected chi connectivity index (χ0v) is 15.6. The average Bonchev–Trinajstić information content (AvgIpc) is 2.87. The predicted molar refractivity (Wildman–Crippen MR) is 103 cm³/mol. The van der Waals surface area contributed by atoms with E-state index < -0.39 is 5.97 Å². The first-order valence-electron chi connectivity index (χ1n) is 7.80. The molecule has 0 unspecified atom stereocenters. The van der Waals surface area contributed by atoms with Gasteiger partial charge in [-0.15, -0.1) is 0 Å². The van der Waals surface area contributed by atoms with Crippen LogP contribution in [0.25, 0.3) is 6.08 Å². The van der Waals surface area contributed by atoms with E-state index in [9.17, 15) is 9.59 Å². The Hall–Kier alpha value is -2.56. The number of ether oxygens (including phenoxy) is 1. The number of rotatable bonds is 3. The van der Waals surface area contributed by atoms with E-state index in [4.69, 9.17) is 27.9 Å². The summed E-state index contributed by atoms with van der Waals surface area (Å²) in [7, 11) is 1.28. The van der Waals surface area contributed by atoms with Crippen molar-refractivity contribution >= 4 is 46.8 Å². The molecule has 2 aromatic carbocycles. The van der Waals surface area contributed by atoms with Crippen LogP contribution in [0.5, 0.6) is 0 Å². The third-order valence-electron chi connectivity index (χ3n) is 4.08. The fourth-order valence-electron chi connectivity index (χ4n) is 2.83. The van der Waals surface area contributed by atoms with Gasteiger partial charge in [0.15, 0.2) is 0 Å². The quantitative estimate of drug-likeness (QED) is 0.557. The maximum atomic E-state index is 13.1. The second-order valence-corrected chi connectivity index (χ2v) is 6.49. The molecule has 0 fully saturated rings. The van der Waals surface area contributed by atoms with Crippen molar-refractivity contribution in [3.05, 3.63) is 81.0 Å². The summed E-state index contributed by atoms with van der Waals surface area (Å²) in [5.41, 5.74) is 2.19. The van der Waals surface area contributed by atoms with E-state index in [1.54, 1.807) is 55.5 Å². The van der Waals surface area contributed by atoms with Gasteiger partial charge in [-0.25, -0.2) is 4.79 Å². The van der Waals surface area contributed by atoms with Crippen molar-refractivity contribution in [3.8, 4) is 0 Å². The molecule has 1 amide bonds. The molecular formula is C20H15Cl2NO3. The number of hydrogen-bond acceptors (Lipinski definition) is 3. The predicted octanol–water partition coefficient (Wildman–Crippen LogP) is 4.87. The van der Waals surface area contributed by atoms with E-state index in [1.807, 2.05) is 6.07 Å². The van der Waals surface area contributed by atoms with Crippen LogP contribution in [0.15, 0.2) is 65.4 Å². The van der Waals surface area contributed by atoms with Gasteiger partial charge in [-0.2, -0.15) is 0 Å². The normalized spacial score (nSPS) is 15.8. The van der Waals surface area contributed by atoms with Crippen LogP contribution in [0.2, 0.25) is 10.0 Å². The number of methoxy groups -OCH3 is 1. The number of halogens is 2. The molecule has 0 saturated heterocycles. The van der Waals surface area contributed by atoms with Crippen LogP contribution in [0, 0.1) is 0 Å². The van der Waals surface area contributed by atoms with Gasteiger partial charge in [0.25, 0.3) is 5.91 Å². The van der Waals surface area contributed by atoms with Crippen molar-refractivity contribution in [1.29, 1.82) is 0 Å². The molecule has 0 aromatic heterocycles. The van der Waals surface area contributed by atoms with Crippen molar-refractivity contribution in [3.63, 3.8) is 0 Å². The molecule has 4 nitrogen and oxygen atoms in total. The topological polar surface area (TPSA) is 46.6 Å². The summed E-state index contributed by atoms with van der Waals surface area (Å²) < 4.78 is 4.88. The minimum absolute atomic E-state index is 0.215. The molecular weight excluding hydrogens is 373 g/mol. The van der Waals surface area contributed by atoms with E-state index in [0.717, 1.165) is 0 Å². The van der Waals surface area contributed by atoms with Crippen molar-refractivity contribution in [1.82, 2.24) is 0 Å². The van der Waals surface area contributed by atoms with Crippen LogP contribution >= 0.6 is 23.2 Å². The van der Waals surface area contributed by atoms with Gasteiger partial charge in [-0.1, -0.05) is 41.4 Å². The number of amides is 1. The minimum Gasteiger partial charge on any atom is -0.465 e. The van der Waals surface area contributed by atoms with Crippen molar-refractivity contribution < 1.29 is 14.3 Å². The maximum absolute atomic E-state index is 13.1. The third-order valence-corrected chi connectivity index (χ3v) is 4.68. The number of esters is 1. The Bertz CT molecular complexity index is 946. The number of nitrogens with zero attached hydrogens (tertiary/aromatic N) is 1. The smallest absolute Gasteiger partial charge is 0.340 e. The second kappa shape index (κ2) is 7.36. The zero-order chi connectivity index (χ0) is 18.8. The molecule has 3 rings (SSSR count). The fraction of sp³-hybridized carbons (Fsp3) is 0.100. The van der Waals surface area contributed by atoms with Crippen molar-refractivity contribution in [2.75, 3.05) is 12.0 Å².